The summed E-state index contributed by atoms with van der Waals surface area (Å²) in [5, 5.41) is 0. The number of hydrogen-bond acceptors (Lipinski definition) is 3. The van der Waals surface area contributed by atoms with Crippen molar-refractivity contribution in [3.8, 4) is 11.5 Å². The maximum absolute atomic E-state index is 6.30. The smallest absolute Gasteiger partial charge is 0.137 e. The molecule has 0 fully saturated rings. The fourth-order valence-electron chi connectivity index (χ4n) is 2.73. The van der Waals surface area contributed by atoms with Gasteiger partial charge in [-0.05, 0) is 29.8 Å². The van der Waals surface area contributed by atoms with Gasteiger partial charge < -0.3 is 15.2 Å². The van der Waals surface area contributed by atoms with Crippen LogP contribution in [0.1, 0.15) is 30.5 Å². The molecule has 0 amide bonds. The van der Waals surface area contributed by atoms with E-state index in [0.717, 1.165) is 47.6 Å². The molecule has 2 aliphatic heterocycles. The zero-order valence-electron chi connectivity index (χ0n) is 10.1. The number of rotatable bonds is 1. The van der Waals surface area contributed by atoms with Gasteiger partial charge in [0.25, 0.3) is 0 Å². The van der Waals surface area contributed by atoms with Crippen molar-refractivity contribution in [3.05, 3.63) is 21.2 Å². The standard InChI is InChI=1S/C13H16BrNO2/c1-13(2,15)9-7-3-5-17-12(7)10(14)8-4-6-16-11(8)9/h3-6,15H2,1-2H3. The number of halogens is 1. The molecule has 0 aliphatic carbocycles. The third-order valence-corrected chi connectivity index (χ3v) is 4.22. The van der Waals surface area contributed by atoms with Gasteiger partial charge in [-0.25, -0.2) is 0 Å². The van der Waals surface area contributed by atoms with Crippen molar-refractivity contribution in [2.24, 2.45) is 5.73 Å². The Morgan fingerprint density at radius 2 is 1.65 bits per heavy atom. The van der Waals surface area contributed by atoms with Gasteiger partial charge in [-0.3, -0.25) is 0 Å². The van der Waals surface area contributed by atoms with E-state index in [1.54, 1.807) is 0 Å². The second-order valence-electron chi connectivity index (χ2n) is 5.22. The van der Waals surface area contributed by atoms with Crippen molar-refractivity contribution in [3.63, 3.8) is 0 Å². The minimum atomic E-state index is -0.396. The Balaban J connectivity index is 2.34. The summed E-state index contributed by atoms with van der Waals surface area (Å²) in [6.07, 6.45) is 1.84. The van der Waals surface area contributed by atoms with Crippen LogP contribution in [0.5, 0.6) is 11.5 Å². The van der Waals surface area contributed by atoms with E-state index in [9.17, 15) is 0 Å². The second kappa shape index (κ2) is 3.62. The summed E-state index contributed by atoms with van der Waals surface area (Å²) in [4.78, 5) is 0. The molecule has 0 saturated carbocycles. The van der Waals surface area contributed by atoms with Crippen molar-refractivity contribution in [2.45, 2.75) is 32.2 Å². The van der Waals surface area contributed by atoms with Crippen LogP contribution in [-0.4, -0.2) is 13.2 Å². The van der Waals surface area contributed by atoms with E-state index in [1.807, 2.05) is 13.8 Å². The fraction of sp³-hybridized carbons (Fsp3) is 0.538. The molecule has 0 bridgehead atoms. The minimum Gasteiger partial charge on any atom is -0.493 e. The maximum atomic E-state index is 6.30. The number of hydrogen-bond donors (Lipinski definition) is 1. The number of benzene rings is 1. The van der Waals surface area contributed by atoms with Gasteiger partial charge in [-0.2, -0.15) is 0 Å². The van der Waals surface area contributed by atoms with Crippen LogP contribution in [0.25, 0.3) is 0 Å². The Morgan fingerprint density at radius 3 is 2.29 bits per heavy atom. The van der Waals surface area contributed by atoms with Crippen LogP contribution >= 0.6 is 15.9 Å². The van der Waals surface area contributed by atoms with Gasteiger partial charge in [0.1, 0.15) is 11.5 Å². The SMILES string of the molecule is CC(C)(N)c1c2c(c(Br)c3c1OCC3)OCC2. The first-order chi connectivity index (χ1) is 8.00. The summed E-state index contributed by atoms with van der Waals surface area (Å²) in [6, 6.07) is 0. The predicted molar refractivity (Wildman–Crippen MR) is 69.8 cm³/mol. The Morgan fingerprint density at radius 1 is 1.06 bits per heavy atom. The predicted octanol–water partition coefficient (Wildman–Crippen LogP) is 2.51. The van der Waals surface area contributed by atoms with Crippen molar-refractivity contribution in [1.29, 1.82) is 0 Å². The third kappa shape index (κ3) is 1.58. The van der Waals surface area contributed by atoms with Crippen LogP contribution in [0, 0.1) is 0 Å². The normalized spacial score (nSPS) is 17.4. The quantitative estimate of drug-likeness (QED) is 0.866. The lowest BCUT2D eigenvalue weighted by molar-refractivity contribution is 0.344. The Labute approximate surface area is 109 Å². The zero-order valence-corrected chi connectivity index (χ0v) is 11.7. The highest BCUT2D eigenvalue weighted by Gasteiger charge is 2.35. The van der Waals surface area contributed by atoms with Crippen molar-refractivity contribution < 1.29 is 9.47 Å². The Kier molecular flexibility index (Phi) is 2.42. The summed E-state index contributed by atoms with van der Waals surface area (Å²) >= 11 is 3.64. The second-order valence-corrected chi connectivity index (χ2v) is 6.02. The van der Waals surface area contributed by atoms with Crippen molar-refractivity contribution in [2.75, 3.05) is 13.2 Å². The largest absolute Gasteiger partial charge is 0.493 e. The van der Waals surface area contributed by atoms with Crippen molar-refractivity contribution in [1.82, 2.24) is 0 Å². The molecule has 0 unspecified atom stereocenters. The maximum Gasteiger partial charge on any atom is 0.137 e. The van der Waals surface area contributed by atoms with Crippen LogP contribution < -0.4 is 15.2 Å². The number of nitrogens with two attached hydrogens (primary N) is 1. The zero-order chi connectivity index (χ0) is 12.2. The number of fused-ring (bicyclic) bond motifs is 2. The van der Waals surface area contributed by atoms with Crippen LogP contribution in [0.4, 0.5) is 0 Å². The van der Waals surface area contributed by atoms with Gasteiger partial charge in [-0.15, -0.1) is 0 Å². The highest BCUT2D eigenvalue weighted by atomic mass is 79.9. The molecule has 17 heavy (non-hydrogen) atoms. The van der Waals surface area contributed by atoms with Gasteiger partial charge >= 0.3 is 0 Å². The molecule has 3 rings (SSSR count). The van der Waals surface area contributed by atoms with E-state index >= 15 is 0 Å². The Bertz CT molecular complexity index is 456. The van der Waals surface area contributed by atoms with Crippen LogP contribution in [0.2, 0.25) is 0 Å². The molecule has 4 heteroatoms. The third-order valence-electron chi connectivity index (χ3n) is 3.38. The molecular weight excluding hydrogens is 282 g/mol. The number of ether oxygens (including phenoxy) is 2. The van der Waals surface area contributed by atoms with Crippen LogP contribution in [0.15, 0.2) is 4.47 Å². The summed E-state index contributed by atoms with van der Waals surface area (Å²) in [6.45, 7) is 5.52. The fourth-order valence-corrected chi connectivity index (χ4v) is 3.47. The van der Waals surface area contributed by atoms with Crippen LogP contribution in [-0.2, 0) is 18.4 Å². The molecule has 92 valence electrons. The van der Waals surface area contributed by atoms with Crippen LogP contribution in [0.3, 0.4) is 0 Å². The van der Waals surface area contributed by atoms with E-state index in [0.29, 0.717) is 0 Å². The summed E-state index contributed by atoms with van der Waals surface area (Å²) < 4.78 is 12.6. The molecule has 0 saturated heterocycles. The van der Waals surface area contributed by atoms with Gasteiger partial charge in [0, 0.05) is 35.1 Å². The molecule has 2 N–H and O–H groups in total. The molecule has 0 atom stereocenters. The lowest BCUT2D eigenvalue weighted by Gasteiger charge is -2.25. The molecule has 0 aromatic heterocycles. The highest BCUT2D eigenvalue weighted by Crippen LogP contribution is 2.49. The van der Waals surface area contributed by atoms with Gasteiger partial charge in [-0.1, -0.05) is 0 Å². The lowest BCUT2D eigenvalue weighted by Crippen LogP contribution is -2.30. The van der Waals surface area contributed by atoms with E-state index in [4.69, 9.17) is 15.2 Å². The van der Waals surface area contributed by atoms with Gasteiger partial charge in [0.05, 0.1) is 17.7 Å². The average Bonchev–Trinajstić information content (AvgIpc) is 2.83. The summed E-state index contributed by atoms with van der Waals surface area (Å²) in [7, 11) is 0. The minimum absolute atomic E-state index is 0.396. The molecule has 1 aromatic rings. The summed E-state index contributed by atoms with van der Waals surface area (Å²) in [5.74, 6) is 1.96. The molecule has 1 aromatic carbocycles. The molecular formula is C13H16BrNO2. The average molecular weight is 298 g/mol. The van der Waals surface area contributed by atoms with E-state index in [2.05, 4.69) is 15.9 Å². The lowest BCUT2D eigenvalue weighted by atomic mass is 9.87. The first-order valence-electron chi connectivity index (χ1n) is 5.92. The van der Waals surface area contributed by atoms with E-state index in [1.165, 1.54) is 11.1 Å². The molecule has 3 nitrogen and oxygen atoms in total. The summed E-state index contributed by atoms with van der Waals surface area (Å²) in [5.41, 5.74) is 9.45. The van der Waals surface area contributed by atoms with Gasteiger partial charge in [0.2, 0.25) is 0 Å². The van der Waals surface area contributed by atoms with Crippen molar-refractivity contribution >= 4 is 15.9 Å². The highest BCUT2D eigenvalue weighted by molar-refractivity contribution is 9.10. The molecule has 0 radical (unpaired) electrons. The Hall–Kier alpha value is -0.740. The monoisotopic (exact) mass is 297 g/mol. The van der Waals surface area contributed by atoms with E-state index < -0.39 is 5.54 Å². The topological polar surface area (TPSA) is 44.5 Å². The first-order valence-corrected chi connectivity index (χ1v) is 6.71. The molecule has 2 aliphatic rings. The molecule has 0 spiro atoms. The molecule has 2 heterocycles. The first kappa shape index (κ1) is 11.4. The van der Waals surface area contributed by atoms with E-state index in [-0.39, 0.29) is 0 Å². The van der Waals surface area contributed by atoms with Gasteiger partial charge in [0.15, 0.2) is 0 Å².